The number of rotatable bonds is 4. The molecule has 0 aliphatic carbocycles. The van der Waals surface area contributed by atoms with Crippen LogP contribution >= 0.6 is 0 Å². The minimum absolute atomic E-state index is 0.197. The number of aliphatic carboxylic acids is 1. The van der Waals surface area contributed by atoms with Crippen LogP contribution in [0.15, 0.2) is 12.4 Å². The van der Waals surface area contributed by atoms with Gasteiger partial charge in [-0.2, -0.15) is 0 Å². The van der Waals surface area contributed by atoms with E-state index in [-0.39, 0.29) is 6.42 Å². The van der Waals surface area contributed by atoms with E-state index in [1.165, 1.54) is 0 Å². The Morgan fingerprint density at radius 2 is 2.22 bits per heavy atom. The fourth-order valence-electron chi connectivity index (χ4n) is 2.28. The summed E-state index contributed by atoms with van der Waals surface area (Å²) in [7, 11) is 0. The molecular weight excluding hydrogens is 237 g/mol. The molecule has 2 rings (SSSR count). The van der Waals surface area contributed by atoms with E-state index in [0.717, 1.165) is 38.3 Å². The first-order valence-electron chi connectivity index (χ1n) is 6.09. The number of hydrogen-bond donors (Lipinski definition) is 1. The molecule has 0 bridgehead atoms. The first kappa shape index (κ1) is 12.7. The zero-order valence-electron chi connectivity index (χ0n) is 10.0. The van der Waals surface area contributed by atoms with Crippen LogP contribution in [0.25, 0.3) is 0 Å². The molecule has 1 saturated heterocycles. The number of anilines is 1. The molecule has 0 radical (unpaired) electrons. The van der Waals surface area contributed by atoms with Gasteiger partial charge >= 0.3 is 5.97 Å². The molecule has 0 spiro atoms. The Labute approximate surface area is 105 Å². The van der Waals surface area contributed by atoms with Crippen LogP contribution in [0.1, 0.15) is 25.7 Å². The van der Waals surface area contributed by atoms with Crippen molar-refractivity contribution in [3.8, 4) is 0 Å². The van der Waals surface area contributed by atoms with E-state index < -0.39 is 11.8 Å². The number of carboxylic acids is 1. The van der Waals surface area contributed by atoms with Crippen LogP contribution in [0.5, 0.6) is 0 Å². The van der Waals surface area contributed by atoms with Gasteiger partial charge < -0.3 is 10.0 Å². The van der Waals surface area contributed by atoms with Crippen LogP contribution in [0.3, 0.4) is 0 Å². The highest BCUT2D eigenvalue weighted by molar-refractivity contribution is 5.66. The van der Waals surface area contributed by atoms with Gasteiger partial charge in [0.1, 0.15) is 0 Å². The zero-order valence-corrected chi connectivity index (χ0v) is 10.0. The normalized spacial score (nSPS) is 19.8. The summed E-state index contributed by atoms with van der Waals surface area (Å²) in [5.41, 5.74) is 0. The molecule has 1 fully saturated rings. The van der Waals surface area contributed by atoms with Crippen molar-refractivity contribution in [2.75, 3.05) is 18.0 Å². The average Bonchev–Trinajstić information content (AvgIpc) is 2.37. The van der Waals surface area contributed by atoms with Crippen LogP contribution in [0, 0.1) is 11.7 Å². The first-order chi connectivity index (χ1) is 8.65. The summed E-state index contributed by atoms with van der Waals surface area (Å²) in [5.74, 6) is -0.330. The van der Waals surface area contributed by atoms with Gasteiger partial charge in [0.05, 0.1) is 12.4 Å². The van der Waals surface area contributed by atoms with E-state index in [0.29, 0.717) is 18.3 Å². The lowest BCUT2D eigenvalue weighted by atomic mass is 9.93. The fraction of sp³-hybridized carbons (Fsp3) is 0.583. The quantitative estimate of drug-likeness (QED) is 0.884. The Morgan fingerprint density at radius 1 is 1.50 bits per heavy atom. The van der Waals surface area contributed by atoms with E-state index in [2.05, 4.69) is 9.97 Å². The molecule has 5 nitrogen and oxygen atoms in total. The smallest absolute Gasteiger partial charge is 0.303 e. The predicted molar refractivity (Wildman–Crippen MR) is 63.8 cm³/mol. The van der Waals surface area contributed by atoms with Crippen LogP contribution in [-0.2, 0) is 4.79 Å². The van der Waals surface area contributed by atoms with Gasteiger partial charge in [-0.05, 0) is 25.2 Å². The minimum atomic E-state index is -0.759. The topological polar surface area (TPSA) is 66.3 Å². The molecule has 1 aromatic heterocycles. The monoisotopic (exact) mass is 253 g/mol. The minimum Gasteiger partial charge on any atom is -0.481 e. The number of halogens is 1. The summed E-state index contributed by atoms with van der Waals surface area (Å²) in [6.45, 7) is 1.59. The van der Waals surface area contributed by atoms with E-state index in [1.54, 1.807) is 0 Å². The van der Waals surface area contributed by atoms with Crippen LogP contribution in [0.4, 0.5) is 10.3 Å². The molecule has 1 aliphatic heterocycles. The molecule has 18 heavy (non-hydrogen) atoms. The third kappa shape index (κ3) is 3.38. The summed E-state index contributed by atoms with van der Waals surface area (Å²) < 4.78 is 12.7. The number of hydrogen-bond acceptors (Lipinski definition) is 4. The second-order valence-electron chi connectivity index (χ2n) is 4.59. The Bertz CT molecular complexity index is 410. The number of aromatic nitrogens is 2. The molecule has 1 aliphatic rings. The molecule has 98 valence electrons. The lowest BCUT2D eigenvalue weighted by Gasteiger charge is -2.32. The zero-order chi connectivity index (χ0) is 13.0. The highest BCUT2D eigenvalue weighted by Gasteiger charge is 2.22. The van der Waals surface area contributed by atoms with Gasteiger partial charge in [0.2, 0.25) is 5.95 Å². The number of nitrogens with zero attached hydrogens (tertiary/aromatic N) is 3. The van der Waals surface area contributed by atoms with Crippen LogP contribution in [0.2, 0.25) is 0 Å². The second-order valence-corrected chi connectivity index (χ2v) is 4.59. The Balaban J connectivity index is 1.93. The fourth-order valence-corrected chi connectivity index (χ4v) is 2.28. The van der Waals surface area contributed by atoms with Gasteiger partial charge in [0, 0.05) is 19.5 Å². The maximum atomic E-state index is 12.7. The summed E-state index contributed by atoms with van der Waals surface area (Å²) in [5, 5.41) is 8.68. The van der Waals surface area contributed by atoms with Crippen molar-refractivity contribution in [1.82, 2.24) is 9.97 Å². The molecule has 0 aromatic carbocycles. The molecule has 1 atom stereocenters. The number of piperidine rings is 1. The molecule has 1 N–H and O–H groups in total. The van der Waals surface area contributed by atoms with Crippen molar-refractivity contribution >= 4 is 11.9 Å². The van der Waals surface area contributed by atoms with E-state index in [4.69, 9.17) is 5.11 Å². The van der Waals surface area contributed by atoms with Crippen molar-refractivity contribution in [3.05, 3.63) is 18.2 Å². The van der Waals surface area contributed by atoms with Crippen LogP contribution < -0.4 is 4.90 Å². The van der Waals surface area contributed by atoms with Gasteiger partial charge in [-0.3, -0.25) is 4.79 Å². The highest BCUT2D eigenvalue weighted by atomic mass is 19.1. The van der Waals surface area contributed by atoms with Crippen molar-refractivity contribution in [1.29, 1.82) is 0 Å². The van der Waals surface area contributed by atoms with E-state index in [9.17, 15) is 9.18 Å². The standard InChI is InChI=1S/C12H16FN3O2/c13-10-6-14-12(15-7-10)16-5-1-2-9(8-16)3-4-11(17)18/h6-7,9H,1-5,8H2,(H,17,18). The molecule has 1 aromatic rings. The Kier molecular flexibility index (Phi) is 4.07. The molecule has 0 saturated carbocycles. The van der Waals surface area contributed by atoms with Gasteiger partial charge in [-0.25, -0.2) is 14.4 Å². The predicted octanol–water partition coefficient (Wildman–Crippen LogP) is 1.70. The summed E-state index contributed by atoms with van der Waals surface area (Å²) in [4.78, 5) is 20.5. The van der Waals surface area contributed by atoms with Gasteiger partial charge in [0.15, 0.2) is 5.82 Å². The van der Waals surface area contributed by atoms with Crippen molar-refractivity contribution < 1.29 is 14.3 Å². The van der Waals surface area contributed by atoms with Crippen molar-refractivity contribution in [2.45, 2.75) is 25.7 Å². The third-order valence-electron chi connectivity index (χ3n) is 3.17. The van der Waals surface area contributed by atoms with Gasteiger partial charge in [-0.1, -0.05) is 0 Å². The summed E-state index contributed by atoms with van der Waals surface area (Å²) >= 11 is 0. The maximum absolute atomic E-state index is 12.7. The average molecular weight is 253 g/mol. The summed E-state index contributed by atoms with van der Waals surface area (Å²) in [6, 6.07) is 0. The van der Waals surface area contributed by atoms with Gasteiger partial charge in [-0.15, -0.1) is 0 Å². The molecular formula is C12H16FN3O2. The second kappa shape index (κ2) is 5.75. The molecule has 1 unspecified atom stereocenters. The SMILES string of the molecule is O=C(O)CCC1CCCN(c2ncc(F)cn2)C1. The first-order valence-corrected chi connectivity index (χ1v) is 6.09. The molecule has 0 amide bonds. The highest BCUT2D eigenvalue weighted by Crippen LogP contribution is 2.23. The Hall–Kier alpha value is -1.72. The van der Waals surface area contributed by atoms with E-state index in [1.807, 2.05) is 4.90 Å². The van der Waals surface area contributed by atoms with Crippen molar-refractivity contribution in [3.63, 3.8) is 0 Å². The summed E-state index contributed by atoms with van der Waals surface area (Å²) in [6.07, 6.45) is 5.21. The lowest BCUT2D eigenvalue weighted by Crippen LogP contribution is -2.36. The Morgan fingerprint density at radius 3 is 2.89 bits per heavy atom. The van der Waals surface area contributed by atoms with Crippen molar-refractivity contribution in [2.24, 2.45) is 5.92 Å². The van der Waals surface area contributed by atoms with E-state index >= 15 is 0 Å². The molecule has 6 heteroatoms. The largest absolute Gasteiger partial charge is 0.481 e. The van der Waals surface area contributed by atoms with Crippen LogP contribution in [-0.4, -0.2) is 34.1 Å². The lowest BCUT2D eigenvalue weighted by molar-refractivity contribution is -0.137. The van der Waals surface area contributed by atoms with Gasteiger partial charge in [0.25, 0.3) is 0 Å². The molecule has 2 heterocycles. The third-order valence-corrected chi connectivity index (χ3v) is 3.17. The maximum Gasteiger partial charge on any atom is 0.303 e. The number of carboxylic acid groups (broad SMARTS) is 1. The number of carbonyl (C=O) groups is 1.